The Kier molecular flexibility index (Phi) is 5.61. The van der Waals surface area contributed by atoms with E-state index < -0.39 is 0 Å². The zero-order valence-electron chi connectivity index (χ0n) is 16.9. The fourth-order valence-electron chi connectivity index (χ4n) is 4.31. The summed E-state index contributed by atoms with van der Waals surface area (Å²) in [5.74, 6) is 1.23. The Morgan fingerprint density at radius 3 is 2.66 bits per heavy atom. The van der Waals surface area contributed by atoms with E-state index in [0.717, 1.165) is 35.4 Å². The van der Waals surface area contributed by atoms with E-state index in [0.29, 0.717) is 6.42 Å². The van der Waals surface area contributed by atoms with Crippen LogP contribution in [0.4, 0.5) is 0 Å². The van der Waals surface area contributed by atoms with Crippen LogP contribution in [-0.2, 0) is 11.2 Å². The van der Waals surface area contributed by atoms with Crippen LogP contribution < -0.4 is 4.74 Å². The second-order valence-corrected chi connectivity index (χ2v) is 7.59. The van der Waals surface area contributed by atoms with Crippen LogP contribution in [0.3, 0.4) is 0 Å². The van der Waals surface area contributed by atoms with E-state index in [1.165, 1.54) is 5.56 Å². The van der Waals surface area contributed by atoms with E-state index >= 15 is 0 Å². The maximum Gasteiger partial charge on any atom is 0.227 e. The number of amides is 1. The van der Waals surface area contributed by atoms with Crippen molar-refractivity contribution in [3.63, 3.8) is 0 Å². The molecule has 2 heterocycles. The topological polar surface area (TPSA) is 42.4 Å². The number of aromatic nitrogens is 1. The summed E-state index contributed by atoms with van der Waals surface area (Å²) in [5, 5.41) is 0. The van der Waals surface area contributed by atoms with E-state index in [1.807, 2.05) is 36.1 Å². The van der Waals surface area contributed by atoms with Crippen molar-refractivity contribution in [1.29, 1.82) is 0 Å². The molecule has 0 radical (unpaired) electrons. The van der Waals surface area contributed by atoms with E-state index in [2.05, 4.69) is 41.4 Å². The number of aryl methyl sites for hydroxylation is 1. The molecule has 29 heavy (non-hydrogen) atoms. The fourth-order valence-corrected chi connectivity index (χ4v) is 4.31. The number of hydrogen-bond donors (Lipinski definition) is 0. The van der Waals surface area contributed by atoms with Crippen LogP contribution >= 0.6 is 0 Å². The lowest BCUT2D eigenvalue weighted by atomic mass is 9.87. The number of rotatable bonds is 5. The van der Waals surface area contributed by atoms with Crippen LogP contribution in [0, 0.1) is 6.92 Å². The van der Waals surface area contributed by atoms with E-state index in [4.69, 9.17) is 4.74 Å². The van der Waals surface area contributed by atoms with Crippen molar-refractivity contribution in [3.05, 3.63) is 95.3 Å². The largest absolute Gasteiger partial charge is 0.497 e. The smallest absolute Gasteiger partial charge is 0.227 e. The van der Waals surface area contributed by atoms with E-state index in [1.54, 1.807) is 19.5 Å². The van der Waals surface area contributed by atoms with Gasteiger partial charge >= 0.3 is 0 Å². The van der Waals surface area contributed by atoms with Crippen LogP contribution in [0.2, 0.25) is 0 Å². The van der Waals surface area contributed by atoms with Crippen molar-refractivity contribution in [2.45, 2.75) is 31.7 Å². The summed E-state index contributed by atoms with van der Waals surface area (Å²) >= 11 is 0. The zero-order chi connectivity index (χ0) is 20.2. The number of carbonyl (C=O) groups is 1. The average Bonchev–Trinajstić information content (AvgIpc) is 3.21. The molecule has 2 unspecified atom stereocenters. The maximum absolute atomic E-state index is 13.3. The van der Waals surface area contributed by atoms with Crippen molar-refractivity contribution >= 4 is 5.91 Å². The Hall–Kier alpha value is -3.14. The van der Waals surface area contributed by atoms with Gasteiger partial charge in [0, 0.05) is 24.9 Å². The minimum Gasteiger partial charge on any atom is -0.497 e. The zero-order valence-corrected chi connectivity index (χ0v) is 16.9. The van der Waals surface area contributed by atoms with Gasteiger partial charge in [0.1, 0.15) is 5.75 Å². The standard InChI is InChI=1S/C25H26N2O2/c1-18-11-13-26-17-21(18)16-24(28)27-14-12-23(19-7-4-3-5-8-19)25(27)20-9-6-10-22(15-20)29-2/h3-11,13,15,17,23,25H,12,14,16H2,1-2H3. The van der Waals surface area contributed by atoms with Gasteiger partial charge in [-0.2, -0.15) is 0 Å². The molecule has 0 aliphatic carbocycles. The minimum absolute atomic E-state index is 0.00280. The molecule has 2 atom stereocenters. The number of likely N-dealkylation sites (tertiary alicyclic amines) is 1. The van der Waals surface area contributed by atoms with Crippen LogP contribution in [-0.4, -0.2) is 29.4 Å². The van der Waals surface area contributed by atoms with E-state index in [9.17, 15) is 4.79 Å². The molecule has 1 aliphatic rings. The van der Waals surface area contributed by atoms with Gasteiger partial charge in [-0.05, 0) is 53.8 Å². The van der Waals surface area contributed by atoms with Crippen molar-refractivity contribution in [3.8, 4) is 5.75 Å². The molecule has 0 saturated carbocycles. The Morgan fingerprint density at radius 2 is 1.90 bits per heavy atom. The third kappa shape index (κ3) is 4.02. The summed E-state index contributed by atoms with van der Waals surface area (Å²) in [6.07, 6.45) is 4.90. The molecule has 1 aliphatic heterocycles. The average molecular weight is 386 g/mol. The van der Waals surface area contributed by atoms with Crippen molar-refractivity contribution in [2.24, 2.45) is 0 Å². The molecule has 2 aromatic carbocycles. The van der Waals surface area contributed by atoms with Crippen LogP contribution in [0.5, 0.6) is 5.75 Å². The Bertz CT molecular complexity index is 987. The highest BCUT2D eigenvalue weighted by atomic mass is 16.5. The molecule has 1 saturated heterocycles. The molecule has 0 bridgehead atoms. The Labute approximate surface area is 172 Å². The third-order valence-electron chi connectivity index (χ3n) is 5.87. The first-order chi connectivity index (χ1) is 14.2. The highest BCUT2D eigenvalue weighted by Crippen LogP contribution is 2.44. The van der Waals surface area contributed by atoms with Gasteiger partial charge in [0.2, 0.25) is 5.91 Å². The SMILES string of the molecule is COc1cccc(C2C(c3ccccc3)CCN2C(=O)Cc2cnccc2C)c1. The summed E-state index contributed by atoms with van der Waals surface area (Å²) in [6, 6.07) is 20.6. The first kappa shape index (κ1) is 19.2. The van der Waals surface area contributed by atoms with Gasteiger partial charge in [0.25, 0.3) is 0 Å². The van der Waals surface area contributed by atoms with Crippen LogP contribution in [0.1, 0.15) is 40.6 Å². The number of benzene rings is 2. The number of ether oxygens (including phenoxy) is 1. The Morgan fingerprint density at radius 1 is 1.10 bits per heavy atom. The molecule has 4 nitrogen and oxygen atoms in total. The second-order valence-electron chi connectivity index (χ2n) is 7.59. The van der Waals surface area contributed by atoms with Crippen molar-refractivity contribution < 1.29 is 9.53 Å². The lowest BCUT2D eigenvalue weighted by Gasteiger charge is -2.29. The number of nitrogens with zero attached hydrogens (tertiary/aromatic N) is 2. The van der Waals surface area contributed by atoms with Gasteiger partial charge in [0.05, 0.1) is 19.6 Å². The third-order valence-corrected chi connectivity index (χ3v) is 5.87. The predicted octanol–water partition coefficient (Wildman–Crippen LogP) is 4.70. The normalized spacial score (nSPS) is 18.6. The summed E-state index contributed by atoms with van der Waals surface area (Å²) in [7, 11) is 1.68. The molecule has 1 fully saturated rings. The summed E-state index contributed by atoms with van der Waals surface area (Å²) in [4.78, 5) is 19.6. The first-order valence-corrected chi connectivity index (χ1v) is 10.0. The lowest BCUT2D eigenvalue weighted by Crippen LogP contribution is -2.33. The summed E-state index contributed by atoms with van der Waals surface area (Å²) < 4.78 is 5.45. The molecule has 4 heteroatoms. The highest BCUT2D eigenvalue weighted by molar-refractivity contribution is 5.80. The molecule has 3 aromatic rings. The Balaban J connectivity index is 1.68. The van der Waals surface area contributed by atoms with Gasteiger partial charge in [-0.1, -0.05) is 42.5 Å². The summed E-state index contributed by atoms with van der Waals surface area (Å²) in [5.41, 5.74) is 4.48. The molecule has 0 spiro atoms. The highest BCUT2D eigenvalue weighted by Gasteiger charge is 2.38. The monoisotopic (exact) mass is 386 g/mol. The molecule has 1 aromatic heterocycles. The number of pyridine rings is 1. The number of methoxy groups -OCH3 is 1. The summed E-state index contributed by atoms with van der Waals surface area (Å²) in [6.45, 7) is 2.78. The van der Waals surface area contributed by atoms with Crippen LogP contribution in [0.15, 0.2) is 73.1 Å². The van der Waals surface area contributed by atoms with Crippen LogP contribution in [0.25, 0.3) is 0 Å². The number of carbonyl (C=O) groups excluding carboxylic acids is 1. The molecular formula is C25H26N2O2. The van der Waals surface area contributed by atoms with E-state index in [-0.39, 0.29) is 17.9 Å². The van der Waals surface area contributed by atoms with Gasteiger partial charge in [-0.15, -0.1) is 0 Å². The van der Waals surface area contributed by atoms with Gasteiger partial charge in [-0.25, -0.2) is 0 Å². The first-order valence-electron chi connectivity index (χ1n) is 10.0. The maximum atomic E-state index is 13.3. The predicted molar refractivity (Wildman–Crippen MR) is 114 cm³/mol. The molecule has 0 N–H and O–H groups in total. The second kappa shape index (κ2) is 8.48. The molecule has 148 valence electrons. The fraction of sp³-hybridized carbons (Fsp3) is 0.280. The minimum atomic E-state index is -0.00280. The molecule has 1 amide bonds. The molecule has 4 rings (SSSR count). The van der Waals surface area contributed by atoms with Crippen molar-refractivity contribution in [1.82, 2.24) is 9.88 Å². The van der Waals surface area contributed by atoms with Gasteiger partial charge < -0.3 is 9.64 Å². The lowest BCUT2D eigenvalue weighted by molar-refractivity contribution is -0.131. The number of hydrogen-bond acceptors (Lipinski definition) is 3. The van der Waals surface area contributed by atoms with Crippen molar-refractivity contribution in [2.75, 3.05) is 13.7 Å². The molecular weight excluding hydrogens is 360 g/mol. The van der Waals surface area contributed by atoms with Gasteiger partial charge in [0.15, 0.2) is 0 Å². The van der Waals surface area contributed by atoms with Gasteiger partial charge in [-0.3, -0.25) is 9.78 Å². The quantitative estimate of drug-likeness (QED) is 0.638.